The Balaban J connectivity index is 1.97. The number of sulfonamides is 2. The van der Waals surface area contributed by atoms with Crippen molar-refractivity contribution >= 4 is 26.0 Å². The van der Waals surface area contributed by atoms with Crippen molar-refractivity contribution in [3.63, 3.8) is 0 Å². The number of aromatic nitrogens is 1. The van der Waals surface area contributed by atoms with E-state index in [1.165, 1.54) is 36.5 Å². The predicted octanol–water partition coefficient (Wildman–Crippen LogP) is 0.682. The van der Waals surface area contributed by atoms with Crippen molar-refractivity contribution in [1.29, 1.82) is 0 Å². The second kappa shape index (κ2) is 5.65. The van der Waals surface area contributed by atoms with Crippen molar-refractivity contribution in [3.8, 4) is 0 Å². The zero-order chi connectivity index (χ0) is 17.5. The summed E-state index contributed by atoms with van der Waals surface area (Å²) in [6, 6.07) is 8.20. The highest BCUT2D eigenvalue weighted by Gasteiger charge is 2.48. The number of benzene rings is 1. The molecule has 1 N–H and O–H groups in total. The highest BCUT2D eigenvalue weighted by Crippen LogP contribution is 2.34. The maximum absolute atomic E-state index is 12.4. The molecular formula is C14H13N3O5S2. The first kappa shape index (κ1) is 16.6. The zero-order valence-electron chi connectivity index (χ0n) is 12.5. The summed E-state index contributed by atoms with van der Waals surface area (Å²) in [7, 11) is -8.77. The monoisotopic (exact) mass is 367 g/mol. The fourth-order valence-electron chi connectivity index (χ4n) is 2.21. The van der Waals surface area contributed by atoms with Crippen LogP contribution in [0, 0.1) is 0 Å². The first-order chi connectivity index (χ1) is 11.3. The van der Waals surface area contributed by atoms with Gasteiger partial charge in [0.05, 0.1) is 0 Å². The maximum atomic E-state index is 12.4. The third-order valence-electron chi connectivity index (χ3n) is 3.50. The molecule has 1 aliphatic heterocycles. The van der Waals surface area contributed by atoms with Crippen molar-refractivity contribution in [1.82, 2.24) is 14.2 Å². The van der Waals surface area contributed by atoms with Crippen molar-refractivity contribution in [2.45, 2.75) is 23.1 Å². The average Bonchev–Trinajstić information content (AvgIpc) is 2.73. The van der Waals surface area contributed by atoms with Crippen LogP contribution in [-0.4, -0.2) is 31.5 Å². The molecule has 1 amide bonds. The second-order valence-electron chi connectivity index (χ2n) is 5.00. The Kier molecular flexibility index (Phi) is 3.90. The summed E-state index contributed by atoms with van der Waals surface area (Å²) >= 11 is 0. The zero-order valence-corrected chi connectivity index (χ0v) is 14.1. The molecule has 0 fully saturated rings. The SMILES string of the molecule is CCc1ccc(C(=O)NN2S(=O)(=O)c3ccccc3S2(=O)=O)nc1. The molecule has 1 aromatic carbocycles. The van der Waals surface area contributed by atoms with Gasteiger partial charge in [0.15, 0.2) is 0 Å². The molecule has 8 nitrogen and oxygen atoms in total. The van der Waals surface area contributed by atoms with E-state index in [2.05, 4.69) is 4.98 Å². The number of fused-ring (bicyclic) bond motifs is 1. The number of carbonyl (C=O) groups is 1. The molecule has 126 valence electrons. The summed E-state index contributed by atoms with van der Waals surface area (Å²) in [4.78, 5) is 15.3. The van der Waals surface area contributed by atoms with Crippen LogP contribution in [-0.2, 0) is 26.5 Å². The molecule has 0 bridgehead atoms. The summed E-state index contributed by atoms with van der Waals surface area (Å²) in [5.74, 6) is -0.933. The van der Waals surface area contributed by atoms with Gasteiger partial charge in [0, 0.05) is 10.0 Å². The summed E-state index contributed by atoms with van der Waals surface area (Å²) in [5, 5.41) is 0. The van der Waals surface area contributed by atoms with Gasteiger partial charge in [-0.05, 0) is 30.2 Å². The number of hydrogen-bond donors (Lipinski definition) is 1. The van der Waals surface area contributed by atoms with E-state index in [9.17, 15) is 21.6 Å². The third-order valence-corrected chi connectivity index (χ3v) is 7.69. The minimum absolute atomic E-state index is 0.0115. The van der Waals surface area contributed by atoms with Gasteiger partial charge < -0.3 is 0 Å². The molecule has 0 aliphatic carbocycles. The number of aryl methyl sites for hydroxylation is 1. The van der Waals surface area contributed by atoms with Crippen LogP contribution in [0.2, 0.25) is 0 Å². The van der Waals surface area contributed by atoms with E-state index in [0.29, 0.717) is 0 Å². The molecule has 2 aromatic rings. The number of amides is 1. The van der Waals surface area contributed by atoms with Gasteiger partial charge in [-0.3, -0.25) is 15.2 Å². The molecule has 0 atom stereocenters. The van der Waals surface area contributed by atoms with E-state index in [1.807, 2.05) is 12.3 Å². The van der Waals surface area contributed by atoms with Crippen LogP contribution in [0.4, 0.5) is 0 Å². The van der Waals surface area contributed by atoms with E-state index >= 15 is 0 Å². The molecule has 1 aliphatic rings. The molecular weight excluding hydrogens is 354 g/mol. The Morgan fingerprint density at radius 1 is 1.04 bits per heavy atom. The van der Waals surface area contributed by atoms with Gasteiger partial charge in [-0.25, -0.2) is 16.8 Å². The number of pyridine rings is 1. The molecule has 0 saturated carbocycles. The van der Waals surface area contributed by atoms with Crippen LogP contribution in [0.5, 0.6) is 0 Å². The van der Waals surface area contributed by atoms with E-state index in [4.69, 9.17) is 0 Å². The lowest BCUT2D eigenvalue weighted by Gasteiger charge is -2.14. The Bertz CT molecular complexity index is 962. The molecule has 24 heavy (non-hydrogen) atoms. The second-order valence-corrected chi connectivity index (χ2v) is 8.74. The number of rotatable bonds is 3. The third kappa shape index (κ3) is 2.48. The van der Waals surface area contributed by atoms with Crippen molar-refractivity contribution in [2.75, 3.05) is 0 Å². The van der Waals surface area contributed by atoms with Crippen molar-refractivity contribution < 1.29 is 21.6 Å². The average molecular weight is 367 g/mol. The van der Waals surface area contributed by atoms with Gasteiger partial charge in [0.25, 0.3) is 26.0 Å². The smallest absolute Gasteiger partial charge is 0.266 e. The Morgan fingerprint density at radius 3 is 2.08 bits per heavy atom. The van der Waals surface area contributed by atoms with Gasteiger partial charge in [0.1, 0.15) is 15.5 Å². The van der Waals surface area contributed by atoms with Crippen LogP contribution >= 0.6 is 0 Å². The van der Waals surface area contributed by atoms with E-state index in [1.54, 1.807) is 6.07 Å². The number of nitrogens with one attached hydrogen (secondary N) is 1. The minimum Gasteiger partial charge on any atom is -0.266 e. The van der Waals surface area contributed by atoms with Crippen LogP contribution in [0.1, 0.15) is 23.0 Å². The molecule has 0 spiro atoms. The van der Waals surface area contributed by atoms with Crippen LogP contribution in [0.3, 0.4) is 0 Å². The number of carbonyl (C=O) groups excluding carboxylic acids is 1. The quantitative estimate of drug-likeness (QED) is 0.853. The topological polar surface area (TPSA) is 114 Å². The lowest BCUT2D eigenvalue weighted by molar-refractivity contribution is 0.0910. The molecule has 3 rings (SSSR count). The van der Waals surface area contributed by atoms with Crippen molar-refractivity contribution in [3.05, 3.63) is 53.9 Å². The number of hydrazine groups is 1. The predicted molar refractivity (Wildman–Crippen MR) is 83.7 cm³/mol. The van der Waals surface area contributed by atoms with E-state index < -0.39 is 26.0 Å². The first-order valence-corrected chi connectivity index (χ1v) is 9.82. The van der Waals surface area contributed by atoms with Crippen LogP contribution in [0.25, 0.3) is 0 Å². The largest absolute Gasteiger partial charge is 0.285 e. The Hall–Kier alpha value is -2.30. The lowest BCUT2D eigenvalue weighted by Crippen LogP contribution is -2.46. The highest BCUT2D eigenvalue weighted by atomic mass is 32.3. The van der Waals surface area contributed by atoms with Gasteiger partial charge in [0.2, 0.25) is 0 Å². The van der Waals surface area contributed by atoms with Gasteiger partial charge in [-0.2, -0.15) is 0 Å². The summed E-state index contributed by atoms with van der Waals surface area (Å²) in [6.07, 6.45) is 2.19. The van der Waals surface area contributed by atoms with Gasteiger partial charge in [-0.15, -0.1) is 0 Å². The highest BCUT2D eigenvalue weighted by molar-refractivity contribution is 8.06. The summed E-state index contributed by atoms with van der Waals surface area (Å²) < 4.78 is 49.5. The van der Waals surface area contributed by atoms with Gasteiger partial charge >= 0.3 is 0 Å². The fraction of sp³-hybridized carbons (Fsp3) is 0.143. The molecule has 0 unspecified atom stereocenters. The van der Waals surface area contributed by atoms with Crippen LogP contribution in [0.15, 0.2) is 52.4 Å². The number of nitrogens with zero attached hydrogens (tertiary/aromatic N) is 2. The molecule has 0 radical (unpaired) electrons. The summed E-state index contributed by atoms with van der Waals surface area (Å²) in [6.45, 7) is 1.91. The molecule has 2 heterocycles. The van der Waals surface area contributed by atoms with Crippen molar-refractivity contribution in [2.24, 2.45) is 0 Å². The molecule has 0 saturated heterocycles. The Morgan fingerprint density at radius 2 is 1.62 bits per heavy atom. The first-order valence-electron chi connectivity index (χ1n) is 6.94. The van der Waals surface area contributed by atoms with E-state index in [-0.39, 0.29) is 19.3 Å². The standard InChI is InChI=1S/C14H13N3O5S2/c1-2-10-7-8-11(15-9-10)14(18)16-17-23(19,20)12-5-3-4-6-13(12)24(17,21)22/h3-9H,2H2,1H3,(H,16,18). The maximum Gasteiger partial charge on any atom is 0.285 e. The molecule has 10 heteroatoms. The normalized spacial score (nSPS) is 18.0. The Labute approximate surface area is 139 Å². The molecule has 1 aromatic heterocycles. The summed E-state index contributed by atoms with van der Waals surface area (Å²) in [5.41, 5.74) is 2.72. The number of hydrogen-bond acceptors (Lipinski definition) is 6. The van der Waals surface area contributed by atoms with E-state index in [0.717, 1.165) is 12.0 Å². The van der Waals surface area contributed by atoms with Gasteiger partial charge in [-0.1, -0.05) is 25.1 Å². The minimum atomic E-state index is -4.38. The van der Waals surface area contributed by atoms with Crippen LogP contribution < -0.4 is 5.43 Å². The fourth-order valence-corrected chi connectivity index (χ4v) is 6.27. The lowest BCUT2D eigenvalue weighted by atomic mass is 10.2.